The van der Waals surface area contributed by atoms with Crippen molar-refractivity contribution in [3.05, 3.63) is 24.2 Å². The fraction of sp³-hybridized carbons (Fsp3) is 0.781. The predicted octanol–water partition coefficient (Wildman–Crippen LogP) is 2.65. The smallest absolute Gasteiger partial charge is 0.302 e. The molecule has 6 aliphatic rings. The van der Waals surface area contributed by atoms with E-state index in [-0.39, 0.29) is 25.4 Å². The van der Waals surface area contributed by atoms with Crippen LogP contribution in [0.25, 0.3) is 0 Å². The number of rotatable bonds is 4. The van der Waals surface area contributed by atoms with Gasteiger partial charge in [0.25, 0.3) is 0 Å². The first-order valence-corrected chi connectivity index (χ1v) is 15.4. The second kappa shape index (κ2) is 9.05. The number of fused-ring (bicyclic) bond motifs is 3. The molecule has 43 heavy (non-hydrogen) atoms. The predicted molar refractivity (Wildman–Crippen MR) is 146 cm³/mol. The van der Waals surface area contributed by atoms with Crippen molar-refractivity contribution in [1.29, 1.82) is 0 Å². The van der Waals surface area contributed by atoms with Gasteiger partial charge < -0.3 is 38.3 Å². The number of esters is 3. The first kappa shape index (κ1) is 29.3. The number of hydrogen-bond donors (Lipinski definition) is 2. The van der Waals surface area contributed by atoms with Gasteiger partial charge in [0.05, 0.1) is 37.4 Å². The van der Waals surface area contributed by atoms with Gasteiger partial charge in [0.15, 0.2) is 0 Å². The van der Waals surface area contributed by atoms with Crippen molar-refractivity contribution in [3.63, 3.8) is 0 Å². The first-order chi connectivity index (χ1) is 20.1. The maximum atomic E-state index is 13.2. The van der Waals surface area contributed by atoms with Crippen LogP contribution in [0.3, 0.4) is 0 Å². The first-order valence-electron chi connectivity index (χ1n) is 15.4. The Morgan fingerprint density at radius 2 is 1.60 bits per heavy atom. The molecule has 4 unspecified atom stereocenters. The maximum Gasteiger partial charge on any atom is 0.302 e. The quantitative estimate of drug-likeness (QED) is 0.387. The number of furan rings is 1. The van der Waals surface area contributed by atoms with Crippen molar-refractivity contribution in [2.45, 2.75) is 121 Å². The molecule has 14 atom stereocenters. The van der Waals surface area contributed by atoms with Crippen molar-refractivity contribution in [1.82, 2.24) is 0 Å². The summed E-state index contributed by atoms with van der Waals surface area (Å²) in [7, 11) is 0. The SMILES string of the molecule is CC(=O)O[C@H]1CC2[C@]3(C)C4C(OC[C@]4(C)[C@H](OC(C)=O)C[C@@H]3OC(C)=O)[C@H]3OC4C[C@@H](c5ccoc5)[C@](C)(O)[C@@]4(O)[C@@]23C1. The summed E-state index contributed by atoms with van der Waals surface area (Å²) in [5.41, 5.74) is -5.24. The second-order valence-corrected chi connectivity index (χ2v) is 14.6. The topological polar surface area (TPSA) is 151 Å². The molecule has 2 aliphatic heterocycles. The van der Waals surface area contributed by atoms with E-state index < -0.39 is 93.8 Å². The lowest BCUT2D eigenvalue weighted by molar-refractivity contribution is -0.280. The molecule has 7 rings (SSSR count). The summed E-state index contributed by atoms with van der Waals surface area (Å²) in [6, 6.07) is 1.79. The van der Waals surface area contributed by atoms with Crippen molar-refractivity contribution < 1.29 is 52.7 Å². The van der Waals surface area contributed by atoms with Crippen LogP contribution in [0.4, 0.5) is 0 Å². The van der Waals surface area contributed by atoms with Crippen LogP contribution in [-0.4, -0.2) is 82.6 Å². The number of carbonyl (C=O) groups excluding carboxylic acids is 3. The molecule has 2 saturated heterocycles. The molecule has 11 nitrogen and oxygen atoms in total. The zero-order valence-corrected chi connectivity index (χ0v) is 25.5. The molecular weight excluding hydrogens is 560 g/mol. The number of ether oxygens (including phenoxy) is 5. The summed E-state index contributed by atoms with van der Waals surface area (Å²) in [5.74, 6) is -2.51. The summed E-state index contributed by atoms with van der Waals surface area (Å²) < 4.78 is 36.8. The minimum absolute atomic E-state index is 0.252. The van der Waals surface area contributed by atoms with Crippen molar-refractivity contribution in [2.75, 3.05) is 6.61 Å². The van der Waals surface area contributed by atoms with Crippen molar-refractivity contribution in [3.8, 4) is 0 Å². The molecule has 3 heterocycles. The molecular formula is C32H42O11. The third kappa shape index (κ3) is 3.42. The number of aliphatic hydroxyl groups is 2. The average Bonchev–Trinajstić information content (AvgIpc) is 3.69. The summed E-state index contributed by atoms with van der Waals surface area (Å²) in [4.78, 5) is 37.2. The fourth-order valence-electron chi connectivity index (χ4n) is 11.5. The van der Waals surface area contributed by atoms with E-state index in [2.05, 4.69) is 13.8 Å². The van der Waals surface area contributed by atoms with Crippen LogP contribution in [0.1, 0.15) is 78.7 Å². The average molecular weight is 603 g/mol. The monoisotopic (exact) mass is 602 g/mol. The Balaban J connectivity index is 1.43. The Morgan fingerprint density at radius 3 is 2.23 bits per heavy atom. The molecule has 4 aliphatic carbocycles. The van der Waals surface area contributed by atoms with Crippen LogP contribution in [0.5, 0.6) is 0 Å². The highest BCUT2D eigenvalue weighted by molar-refractivity contribution is 5.67. The van der Waals surface area contributed by atoms with Crippen LogP contribution in [0.2, 0.25) is 0 Å². The van der Waals surface area contributed by atoms with Crippen LogP contribution < -0.4 is 0 Å². The van der Waals surface area contributed by atoms with Gasteiger partial charge in [-0.1, -0.05) is 13.8 Å². The zero-order valence-electron chi connectivity index (χ0n) is 25.5. The molecule has 1 aromatic rings. The molecule has 2 N–H and O–H groups in total. The van der Waals surface area contributed by atoms with E-state index in [9.17, 15) is 24.6 Å². The van der Waals surface area contributed by atoms with Gasteiger partial charge >= 0.3 is 17.9 Å². The molecule has 0 amide bonds. The fourth-order valence-corrected chi connectivity index (χ4v) is 11.5. The lowest BCUT2D eigenvalue weighted by Gasteiger charge is -2.66. The molecule has 0 bridgehead atoms. The summed E-state index contributed by atoms with van der Waals surface area (Å²) in [5, 5.41) is 25.7. The number of carbonyl (C=O) groups is 3. The third-order valence-electron chi connectivity index (χ3n) is 12.7. The molecule has 1 aromatic heterocycles. The van der Waals surface area contributed by atoms with E-state index in [0.717, 1.165) is 5.56 Å². The standard InChI is InChI=1S/C32H42O11/c1-15(33)40-19-9-21-29(5)23(42-17(3)35)11-22(41-16(2)34)28(4)14-39-25(26(28)29)27-31(21,12-19)32(37)24(43-27)10-20(30(32,6)36)18-7-8-38-13-18/h7-8,13,19-27,36-37H,9-12,14H2,1-6H3/t19-,20-,21?,22+,23-,24?,25?,26?,27+,28+,29-,30-,31-,32+/m0/s1. The highest BCUT2D eigenvalue weighted by Gasteiger charge is 2.88. The van der Waals surface area contributed by atoms with Crippen molar-refractivity contribution in [2.24, 2.45) is 28.1 Å². The highest BCUT2D eigenvalue weighted by Crippen LogP contribution is 2.79. The van der Waals surface area contributed by atoms with E-state index in [1.165, 1.54) is 20.8 Å². The van der Waals surface area contributed by atoms with Gasteiger partial charge in [0.1, 0.15) is 29.5 Å². The Bertz CT molecular complexity index is 1340. The molecule has 1 spiro atoms. The van der Waals surface area contributed by atoms with E-state index in [4.69, 9.17) is 28.1 Å². The van der Waals surface area contributed by atoms with Crippen LogP contribution in [0.15, 0.2) is 23.0 Å². The largest absolute Gasteiger partial charge is 0.472 e. The Hall–Kier alpha value is -2.47. The van der Waals surface area contributed by atoms with E-state index in [1.54, 1.807) is 25.5 Å². The van der Waals surface area contributed by atoms with Gasteiger partial charge in [-0.25, -0.2) is 0 Å². The van der Waals surface area contributed by atoms with Crippen molar-refractivity contribution >= 4 is 17.9 Å². The summed E-state index contributed by atoms with van der Waals surface area (Å²) in [6.07, 6.45) is 0.570. The van der Waals surface area contributed by atoms with Gasteiger partial charge in [-0.3, -0.25) is 14.4 Å². The molecule has 0 aromatic carbocycles. The van der Waals surface area contributed by atoms with Crippen LogP contribution in [-0.2, 0) is 38.1 Å². The molecule has 4 saturated carbocycles. The van der Waals surface area contributed by atoms with Gasteiger partial charge in [0.2, 0.25) is 0 Å². The third-order valence-corrected chi connectivity index (χ3v) is 12.7. The van der Waals surface area contributed by atoms with Gasteiger partial charge in [-0.05, 0) is 43.7 Å². The maximum absolute atomic E-state index is 13.2. The molecule has 236 valence electrons. The highest BCUT2D eigenvalue weighted by atomic mass is 16.6. The Labute approximate surface area is 250 Å². The normalized spacial score (nSPS) is 52.5. The lowest BCUT2D eigenvalue weighted by atomic mass is 9.38. The zero-order chi connectivity index (χ0) is 30.9. The van der Waals surface area contributed by atoms with Gasteiger partial charge in [-0.2, -0.15) is 0 Å². The molecule has 6 fully saturated rings. The van der Waals surface area contributed by atoms with E-state index in [1.807, 2.05) is 0 Å². The number of hydrogen-bond acceptors (Lipinski definition) is 11. The van der Waals surface area contributed by atoms with Crippen LogP contribution in [0, 0.1) is 28.1 Å². The summed E-state index contributed by atoms with van der Waals surface area (Å²) in [6.45, 7) is 10.2. The van der Waals surface area contributed by atoms with Gasteiger partial charge in [-0.15, -0.1) is 0 Å². The minimum atomic E-state index is -1.77. The van der Waals surface area contributed by atoms with Crippen LogP contribution >= 0.6 is 0 Å². The Morgan fingerprint density at radius 1 is 0.930 bits per heavy atom. The lowest BCUT2D eigenvalue weighted by Crippen LogP contribution is -2.75. The second-order valence-electron chi connectivity index (χ2n) is 14.6. The van der Waals surface area contributed by atoms with E-state index >= 15 is 0 Å². The molecule has 11 heteroatoms. The van der Waals surface area contributed by atoms with E-state index in [0.29, 0.717) is 12.8 Å². The minimum Gasteiger partial charge on any atom is -0.472 e. The summed E-state index contributed by atoms with van der Waals surface area (Å²) >= 11 is 0. The molecule has 0 radical (unpaired) electrons. The van der Waals surface area contributed by atoms with Gasteiger partial charge in [0, 0.05) is 55.3 Å². The Kier molecular flexibility index (Phi) is 6.16.